The van der Waals surface area contributed by atoms with Gasteiger partial charge < -0.3 is 0 Å². The van der Waals surface area contributed by atoms with Crippen molar-refractivity contribution in [1.82, 2.24) is 20.4 Å². The van der Waals surface area contributed by atoms with E-state index in [9.17, 15) is 0 Å². The lowest BCUT2D eigenvalue weighted by molar-refractivity contribution is 1.05. The molecule has 2 heterocycles. The summed E-state index contributed by atoms with van der Waals surface area (Å²) in [4.78, 5) is 0. The Bertz CT molecular complexity index is 721. The van der Waals surface area contributed by atoms with Gasteiger partial charge in [-0.05, 0) is 25.2 Å². The number of aromatic nitrogens is 4. The molecule has 3 aromatic rings. The van der Waals surface area contributed by atoms with E-state index in [2.05, 4.69) is 51.6 Å². The molecule has 0 saturated heterocycles. The number of hydrogen-bond acceptors (Lipinski definition) is 4. The third kappa shape index (κ3) is 2.12. The van der Waals surface area contributed by atoms with Crippen molar-refractivity contribution in [2.75, 3.05) is 0 Å². The Morgan fingerprint density at radius 2 is 1.89 bits per heavy atom. The van der Waals surface area contributed by atoms with Gasteiger partial charge in [0.25, 0.3) is 0 Å². The molecule has 0 spiro atoms. The van der Waals surface area contributed by atoms with Gasteiger partial charge in [-0.3, -0.25) is 10.2 Å². The van der Waals surface area contributed by atoms with Gasteiger partial charge in [-0.2, -0.15) is 10.2 Å². The van der Waals surface area contributed by atoms with Gasteiger partial charge in [0.1, 0.15) is 0 Å². The highest BCUT2D eigenvalue weighted by molar-refractivity contribution is 7.73. The van der Waals surface area contributed by atoms with E-state index < -0.39 is 0 Å². The zero-order valence-electron chi connectivity index (χ0n) is 9.60. The lowest BCUT2D eigenvalue weighted by Crippen LogP contribution is -1.78. The highest BCUT2D eigenvalue weighted by atomic mass is 32.1. The van der Waals surface area contributed by atoms with Gasteiger partial charge in [0.05, 0.1) is 11.4 Å². The fourth-order valence-corrected chi connectivity index (χ4v) is 2.50. The van der Waals surface area contributed by atoms with Crippen LogP contribution in [0.5, 0.6) is 0 Å². The fraction of sp³-hybridized carbons (Fsp3) is 0.0833. The van der Waals surface area contributed by atoms with Crippen LogP contribution in [-0.4, -0.2) is 20.4 Å². The van der Waals surface area contributed by atoms with Gasteiger partial charge in [-0.1, -0.05) is 41.2 Å². The van der Waals surface area contributed by atoms with Gasteiger partial charge in [0, 0.05) is 5.56 Å². The van der Waals surface area contributed by atoms with Crippen LogP contribution < -0.4 is 0 Å². The van der Waals surface area contributed by atoms with Gasteiger partial charge in [-0.25, -0.2) is 0 Å². The minimum Gasteiger partial charge on any atom is -0.275 e. The molecule has 1 aromatic carbocycles. The maximum absolute atomic E-state index is 5.01. The first-order valence-corrected chi connectivity index (χ1v) is 6.63. The second-order valence-corrected chi connectivity index (χ2v) is 5.62. The SMILES string of the molecule is Cc1ccc(-c2cc(-c3n[nH]c(=S)s3)[nH]n2)cc1. The first-order chi connectivity index (χ1) is 8.72. The molecule has 4 nitrogen and oxygen atoms in total. The molecule has 90 valence electrons. The third-order valence-corrected chi connectivity index (χ3v) is 3.72. The van der Waals surface area contributed by atoms with Crippen LogP contribution in [0.1, 0.15) is 5.56 Å². The predicted molar refractivity (Wildman–Crippen MR) is 75.1 cm³/mol. The molecule has 0 aliphatic heterocycles. The van der Waals surface area contributed by atoms with E-state index in [4.69, 9.17) is 12.2 Å². The summed E-state index contributed by atoms with van der Waals surface area (Å²) in [6.07, 6.45) is 0. The Labute approximate surface area is 113 Å². The van der Waals surface area contributed by atoms with E-state index in [1.54, 1.807) is 0 Å². The molecule has 0 radical (unpaired) electrons. The van der Waals surface area contributed by atoms with E-state index >= 15 is 0 Å². The van der Waals surface area contributed by atoms with E-state index in [1.807, 2.05) is 6.07 Å². The molecule has 6 heteroatoms. The summed E-state index contributed by atoms with van der Waals surface area (Å²) in [5, 5.41) is 15.0. The molecule has 0 aliphatic carbocycles. The molecule has 0 amide bonds. The largest absolute Gasteiger partial charge is 0.275 e. The van der Waals surface area contributed by atoms with Crippen molar-refractivity contribution in [1.29, 1.82) is 0 Å². The lowest BCUT2D eigenvalue weighted by Gasteiger charge is -1.95. The molecule has 2 aromatic heterocycles. The molecule has 18 heavy (non-hydrogen) atoms. The Hall–Kier alpha value is -1.79. The number of nitrogens with one attached hydrogen (secondary N) is 2. The maximum atomic E-state index is 5.01. The summed E-state index contributed by atoms with van der Waals surface area (Å²) in [6.45, 7) is 2.07. The van der Waals surface area contributed by atoms with Crippen molar-refractivity contribution in [3.8, 4) is 22.0 Å². The van der Waals surface area contributed by atoms with Crippen LogP contribution in [-0.2, 0) is 0 Å². The van der Waals surface area contributed by atoms with Crippen molar-refractivity contribution < 1.29 is 0 Å². The summed E-state index contributed by atoms with van der Waals surface area (Å²) >= 11 is 6.44. The van der Waals surface area contributed by atoms with Gasteiger partial charge in [-0.15, -0.1) is 0 Å². The number of hydrogen-bond donors (Lipinski definition) is 2. The zero-order valence-corrected chi connectivity index (χ0v) is 11.2. The van der Waals surface area contributed by atoms with Crippen molar-refractivity contribution in [3.63, 3.8) is 0 Å². The predicted octanol–water partition coefficient (Wildman–Crippen LogP) is 3.57. The van der Waals surface area contributed by atoms with E-state index in [0.29, 0.717) is 3.95 Å². The van der Waals surface area contributed by atoms with Crippen molar-refractivity contribution in [2.24, 2.45) is 0 Å². The molecule has 0 fully saturated rings. The lowest BCUT2D eigenvalue weighted by atomic mass is 10.1. The van der Waals surface area contributed by atoms with Crippen LogP contribution in [0, 0.1) is 10.9 Å². The highest BCUT2D eigenvalue weighted by Gasteiger charge is 2.08. The van der Waals surface area contributed by atoms with Crippen LogP contribution in [0.25, 0.3) is 22.0 Å². The molecular weight excluding hydrogens is 264 g/mol. The van der Waals surface area contributed by atoms with Gasteiger partial charge in [0.2, 0.25) is 0 Å². The molecule has 3 rings (SSSR count). The minimum absolute atomic E-state index is 0.663. The van der Waals surface area contributed by atoms with E-state index in [0.717, 1.165) is 22.0 Å². The molecule has 0 bridgehead atoms. The summed E-state index contributed by atoms with van der Waals surface area (Å²) in [5.74, 6) is 0. The minimum atomic E-state index is 0.663. The summed E-state index contributed by atoms with van der Waals surface area (Å²) in [7, 11) is 0. The van der Waals surface area contributed by atoms with Crippen LogP contribution in [0.4, 0.5) is 0 Å². The third-order valence-electron chi connectivity index (χ3n) is 2.59. The summed E-state index contributed by atoms with van der Waals surface area (Å²) in [6, 6.07) is 10.2. The molecule has 0 saturated carbocycles. The van der Waals surface area contributed by atoms with Crippen molar-refractivity contribution in [2.45, 2.75) is 6.92 Å². The Balaban J connectivity index is 1.98. The van der Waals surface area contributed by atoms with Crippen molar-refractivity contribution >= 4 is 23.6 Å². The highest BCUT2D eigenvalue weighted by Crippen LogP contribution is 2.25. The average molecular weight is 274 g/mol. The number of aryl methyl sites for hydroxylation is 1. The normalized spacial score (nSPS) is 10.7. The molecule has 0 atom stereocenters. The quantitative estimate of drug-likeness (QED) is 0.702. The number of rotatable bonds is 2. The first kappa shape index (κ1) is 11.3. The number of H-pyrrole nitrogens is 2. The van der Waals surface area contributed by atoms with Crippen LogP contribution in [0.2, 0.25) is 0 Å². The molecular formula is C12H10N4S2. The number of benzene rings is 1. The second kappa shape index (κ2) is 4.47. The summed E-state index contributed by atoms with van der Waals surface area (Å²) in [5.41, 5.74) is 4.11. The average Bonchev–Trinajstić information content (AvgIpc) is 2.98. The monoisotopic (exact) mass is 274 g/mol. The number of nitrogens with zero attached hydrogens (tertiary/aromatic N) is 2. The maximum Gasteiger partial charge on any atom is 0.176 e. The Kier molecular flexibility index (Phi) is 2.81. The molecule has 2 N–H and O–H groups in total. The number of aromatic amines is 2. The molecule has 0 unspecified atom stereocenters. The van der Waals surface area contributed by atoms with Gasteiger partial charge >= 0.3 is 0 Å². The molecule has 0 aliphatic rings. The first-order valence-electron chi connectivity index (χ1n) is 5.41. The summed E-state index contributed by atoms with van der Waals surface area (Å²) < 4.78 is 0.663. The second-order valence-electron chi connectivity index (χ2n) is 3.95. The zero-order chi connectivity index (χ0) is 12.5. The van der Waals surface area contributed by atoms with E-state index in [1.165, 1.54) is 16.9 Å². The standard InChI is InChI=1S/C12H10N4S2/c1-7-2-4-8(5-3-7)9-6-10(14-13-9)11-15-16-12(17)18-11/h2-6H,1H3,(H,13,14)(H,16,17). The van der Waals surface area contributed by atoms with Crippen LogP contribution in [0.3, 0.4) is 0 Å². The van der Waals surface area contributed by atoms with Crippen LogP contribution in [0.15, 0.2) is 30.3 Å². The van der Waals surface area contributed by atoms with Crippen molar-refractivity contribution in [3.05, 3.63) is 39.8 Å². The fourth-order valence-electron chi connectivity index (χ4n) is 1.65. The van der Waals surface area contributed by atoms with Crippen LogP contribution >= 0.6 is 23.6 Å². The Morgan fingerprint density at radius 1 is 1.11 bits per heavy atom. The smallest absolute Gasteiger partial charge is 0.176 e. The topological polar surface area (TPSA) is 57.4 Å². The van der Waals surface area contributed by atoms with Gasteiger partial charge in [0.15, 0.2) is 8.96 Å². The Morgan fingerprint density at radius 3 is 2.56 bits per heavy atom. The van der Waals surface area contributed by atoms with E-state index in [-0.39, 0.29) is 0 Å².